The van der Waals surface area contributed by atoms with Gasteiger partial charge in [-0.2, -0.15) is 0 Å². The van der Waals surface area contributed by atoms with Crippen molar-refractivity contribution >= 4 is 11.5 Å². The van der Waals surface area contributed by atoms with Crippen LogP contribution in [-0.2, 0) is 9.53 Å². The summed E-state index contributed by atoms with van der Waals surface area (Å²) in [6.45, 7) is 3.96. The van der Waals surface area contributed by atoms with Crippen LogP contribution in [0.4, 0.5) is 0 Å². The highest BCUT2D eigenvalue weighted by Gasteiger charge is 2.13. The molecule has 0 radical (unpaired) electrons. The highest BCUT2D eigenvalue weighted by molar-refractivity contribution is 6.02. The van der Waals surface area contributed by atoms with Crippen molar-refractivity contribution in [2.24, 2.45) is 0 Å². The maximum absolute atomic E-state index is 12.3. The number of ether oxygens (including phenoxy) is 2. The number of hydrogen-bond acceptors (Lipinski definition) is 3. The number of benzene rings is 2. The minimum absolute atomic E-state index is 0.311. The average molecular weight is 320 g/mol. The monoisotopic (exact) mass is 320 g/mol. The van der Waals surface area contributed by atoms with Crippen molar-refractivity contribution < 1.29 is 14.3 Å². The molecule has 0 aliphatic rings. The maximum Gasteiger partial charge on any atom is 0.346 e. The first-order valence-electron chi connectivity index (χ1n) is 7.75. The van der Waals surface area contributed by atoms with Crippen LogP contribution >= 0.6 is 0 Å². The Morgan fingerprint density at radius 3 is 2.29 bits per heavy atom. The van der Waals surface area contributed by atoms with E-state index in [0.29, 0.717) is 12.2 Å². The number of esters is 1. The van der Waals surface area contributed by atoms with Crippen molar-refractivity contribution in [3.63, 3.8) is 0 Å². The molecule has 2 aromatic carbocycles. The van der Waals surface area contributed by atoms with E-state index in [-0.39, 0.29) is 0 Å². The molecule has 0 atom stereocenters. The fraction of sp³-hybridized carbons (Fsp3) is 0.190. The van der Waals surface area contributed by atoms with Crippen molar-refractivity contribution in [2.75, 3.05) is 13.7 Å². The number of hydrogen-bond donors (Lipinski definition) is 0. The molecule has 2 rings (SSSR count). The van der Waals surface area contributed by atoms with E-state index in [4.69, 9.17) is 9.47 Å². The third-order valence-electron chi connectivity index (χ3n) is 3.48. The molecule has 0 bridgehead atoms. The predicted octanol–water partition coefficient (Wildman–Crippen LogP) is 4.08. The number of carbonyl (C=O) groups is 1. The Balaban J connectivity index is 2.44. The Morgan fingerprint density at radius 1 is 1.04 bits per heavy atom. The molecule has 3 nitrogen and oxygen atoms in total. The van der Waals surface area contributed by atoms with Crippen molar-refractivity contribution in [2.45, 2.75) is 13.8 Å². The number of allylic oxidation sites excluding steroid dienone is 1. The van der Waals surface area contributed by atoms with Crippen molar-refractivity contribution in [3.05, 3.63) is 71.3 Å². The van der Waals surface area contributed by atoms with E-state index in [0.717, 1.165) is 22.4 Å². The Bertz CT molecular complexity index is 775. The van der Waals surface area contributed by atoms with Crippen LogP contribution in [0.15, 0.2) is 60.2 Å². The zero-order chi connectivity index (χ0) is 17.4. The smallest absolute Gasteiger partial charge is 0.346 e. The van der Waals surface area contributed by atoms with E-state index < -0.39 is 5.97 Å². The predicted molar refractivity (Wildman–Crippen MR) is 95.5 cm³/mol. The van der Waals surface area contributed by atoms with Gasteiger partial charge in [0.1, 0.15) is 11.3 Å². The van der Waals surface area contributed by atoms with Crippen molar-refractivity contribution in [3.8, 4) is 17.6 Å². The summed E-state index contributed by atoms with van der Waals surface area (Å²) >= 11 is 0. The molecule has 0 aliphatic carbocycles. The molecule has 24 heavy (non-hydrogen) atoms. The summed E-state index contributed by atoms with van der Waals surface area (Å²) < 4.78 is 10.3. The van der Waals surface area contributed by atoms with Gasteiger partial charge in [0.2, 0.25) is 0 Å². The minimum atomic E-state index is -0.408. The zero-order valence-corrected chi connectivity index (χ0v) is 14.1. The first-order chi connectivity index (χ1) is 11.7. The average Bonchev–Trinajstić information content (AvgIpc) is 2.63. The quantitative estimate of drug-likeness (QED) is 0.484. The molecular formula is C21H20O3. The van der Waals surface area contributed by atoms with Crippen LogP contribution in [0.2, 0.25) is 0 Å². The lowest BCUT2D eigenvalue weighted by atomic mass is 10.0. The first kappa shape index (κ1) is 17.4. The molecule has 122 valence electrons. The molecule has 0 aromatic heterocycles. The molecule has 0 spiro atoms. The van der Waals surface area contributed by atoms with Crippen molar-refractivity contribution in [1.82, 2.24) is 0 Å². The van der Waals surface area contributed by atoms with Crippen LogP contribution in [0.5, 0.6) is 5.75 Å². The van der Waals surface area contributed by atoms with Gasteiger partial charge in [-0.1, -0.05) is 42.2 Å². The van der Waals surface area contributed by atoms with Gasteiger partial charge in [-0.15, -0.1) is 0 Å². The molecule has 0 saturated heterocycles. The number of methoxy groups -OCH3 is 1. The molecule has 0 fully saturated rings. The molecule has 0 heterocycles. The standard InChI is InChI=1S/C21H20O3/c1-4-24-21(22)20(15-10-17-8-6-5-7-9-17)16(2)18-11-13-19(23-3)14-12-18/h5-9,11-14H,4H2,1-3H3/b20-16-. The van der Waals surface area contributed by atoms with E-state index >= 15 is 0 Å². The number of carbonyl (C=O) groups excluding carboxylic acids is 1. The van der Waals surface area contributed by atoms with Gasteiger partial charge in [-0.05, 0) is 49.2 Å². The van der Waals surface area contributed by atoms with Gasteiger partial charge in [0.25, 0.3) is 0 Å². The molecule has 2 aromatic rings. The molecule has 3 heteroatoms. The van der Waals surface area contributed by atoms with Crippen LogP contribution in [-0.4, -0.2) is 19.7 Å². The van der Waals surface area contributed by atoms with Gasteiger partial charge >= 0.3 is 5.97 Å². The summed E-state index contributed by atoms with van der Waals surface area (Å²) in [5.74, 6) is 6.35. The Hall–Kier alpha value is -2.99. The van der Waals surface area contributed by atoms with E-state index in [9.17, 15) is 4.79 Å². The van der Waals surface area contributed by atoms with Crippen LogP contribution in [0.25, 0.3) is 5.57 Å². The highest BCUT2D eigenvalue weighted by atomic mass is 16.5. The minimum Gasteiger partial charge on any atom is -0.497 e. The molecular weight excluding hydrogens is 300 g/mol. The van der Waals surface area contributed by atoms with Gasteiger partial charge < -0.3 is 9.47 Å². The van der Waals surface area contributed by atoms with E-state index in [1.54, 1.807) is 14.0 Å². The fourth-order valence-electron chi connectivity index (χ4n) is 2.14. The largest absolute Gasteiger partial charge is 0.497 e. The topological polar surface area (TPSA) is 35.5 Å². The Labute approximate surface area is 142 Å². The molecule has 0 N–H and O–H groups in total. The first-order valence-corrected chi connectivity index (χ1v) is 7.75. The zero-order valence-electron chi connectivity index (χ0n) is 14.1. The van der Waals surface area contributed by atoms with Gasteiger partial charge in [-0.25, -0.2) is 4.79 Å². The summed E-state index contributed by atoms with van der Waals surface area (Å²) in [4.78, 5) is 12.3. The van der Waals surface area contributed by atoms with Crippen LogP contribution in [0.1, 0.15) is 25.0 Å². The highest BCUT2D eigenvalue weighted by Crippen LogP contribution is 2.22. The van der Waals surface area contributed by atoms with E-state index in [2.05, 4.69) is 11.8 Å². The second-order valence-electron chi connectivity index (χ2n) is 5.06. The molecule has 0 unspecified atom stereocenters. The summed E-state index contributed by atoms with van der Waals surface area (Å²) in [5.41, 5.74) is 2.90. The molecule has 0 amide bonds. The van der Waals surface area contributed by atoms with Gasteiger partial charge in [0.15, 0.2) is 0 Å². The normalized spacial score (nSPS) is 11.0. The fourth-order valence-corrected chi connectivity index (χ4v) is 2.14. The number of rotatable bonds is 4. The summed E-state index contributed by atoms with van der Waals surface area (Å²) in [7, 11) is 1.62. The maximum atomic E-state index is 12.3. The van der Waals surface area contributed by atoms with Crippen LogP contribution < -0.4 is 4.74 Å². The van der Waals surface area contributed by atoms with Crippen LogP contribution in [0, 0.1) is 11.8 Å². The van der Waals surface area contributed by atoms with Crippen molar-refractivity contribution in [1.29, 1.82) is 0 Å². The van der Waals surface area contributed by atoms with E-state index in [1.807, 2.05) is 61.5 Å². The summed E-state index contributed by atoms with van der Waals surface area (Å²) in [5, 5.41) is 0. The molecule has 0 aliphatic heterocycles. The Kier molecular flexibility index (Phi) is 6.22. The lowest BCUT2D eigenvalue weighted by Crippen LogP contribution is -2.08. The van der Waals surface area contributed by atoms with Crippen LogP contribution in [0.3, 0.4) is 0 Å². The Morgan fingerprint density at radius 2 is 1.71 bits per heavy atom. The summed E-state index contributed by atoms with van der Waals surface area (Å²) in [6.07, 6.45) is 0. The van der Waals surface area contributed by atoms with Gasteiger partial charge in [0.05, 0.1) is 13.7 Å². The van der Waals surface area contributed by atoms with Gasteiger partial charge in [0, 0.05) is 5.56 Å². The lowest BCUT2D eigenvalue weighted by Gasteiger charge is -2.08. The third-order valence-corrected chi connectivity index (χ3v) is 3.48. The van der Waals surface area contributed by atoms with E-state index in [1.165, 1.54) is 0 Å². The lowest BCUT2D eigenvalue weighted by molar-refractivity contribution is -0.137. The summed E-state index contributed by atoms with van der Waals surface area (Å²) in [6, 6.07) is 17.1. The SMILES string of the molecule is CCOC(=O)/C(C#Cc1ccccc1)=C(/C)c1ccc(OC)cc1. The third kappa shape index (κ3) is 4.50. The van der Waals surface area contributed by atoms with Gasteiger partial charge in [-0.3, -0.25) is 0 Å². The molecule has 0 saturated carbocycles. The second-order valence-corrected chi connectivity index (χ2v) is 5.06. The second kappa shape index (κ2) is 8.59.